The summed E-state index contributed by atoms with van der Waals surface area (Å²) >= 11 is 0. The lowest BCUT2D eigenvalue weighted by molar-refractivity contribution is 0.794. The molecule has 0 bridgehead atoms. The molecular formula is C49H31N. The first kappa shape index (κ1) is 23.0. The summed E-state index contributed by atoms with van der Waals surface area (Å²) in [6.45, 7) is 0. The topological polar surface area (TPSA) is 3.24 Å². The zero-order chi connectivity index (χ0) is 37.2. The van der Waals surface area contributed by atoms with Crippen LogP contribution in [0.15, 0.2) is 188 Å². The molecule has 0 atom stereocenters. The van der Waals surface area contributed by atoms with E-state index in [0.29, 0.717) is 5.69 Å². The Morgan fingerprint density at radius 3 is 1.48 bits per heavy atom. The lowest BCUT2D eigenvalue weighted by Crippen LogP contribution is -2.26. The molecule has 0 fully saturated rings. The second-order valence-corrected chi connectivity index (χ2v) is 13.2. The third kappa shape index (κ3) is 3.51. The van der Waals surface area contributed by atoms with Crippen LogP contribution in [0.4, 0.5) is 17.1 Å². The fourth-order valence-electron chi connectivity index (χ4n) is 9.09. The fourth-order valence-corrected chi connectivity index (χ4v) is 9.09. The molecule has 2 aliphatic carbocycles. The number of anilines is 3. The summed E-state index contributed by atoms with van der Waals surface area (Å²) in [4.78, 5) is 1.91. The Kier molecular flexibility index (Phi) is 4.73. The SMILES string of the molecule is [2H]c1c([2H])c([2H])c(N(c2ccc3c4ccccc4c4ccccc4c3c2)c2cccc3c2-c2ccccc2C32c3ccccc3-c3ccccc32)c([2H])c1[2H]. The second-order valence-electron chi connectivity index (χ2n) is 13.2. The summed E-state index contributed by atoms with van der Waals surface area (Å²) in [6.07, 6.45) is 0. The number of rotatable bonds is 3. The van der Waals surface area contributed by atoms with Gasteiger partial charge in [0.2, 0.25) is 0 Å². The van der Waals surface area contributed by atoms with E-state index >= 15 is 0 Å². The lowest BCUT2D eigenvalue weighted by Gasteiger charge is -2.32. The van der Waals surface area contributed by atoms with Gasteiger partial charge in [0, 0.05) is 16.9 Å². The van der Waals surface area contributed by atoms with Gasteiger partial charge in [-0.2, -0.15) is 0 Å². The molecule has 0 saturated heterocycles. The van der Waals surface area contributed by atoms with Gasteiger partial charge in [-0.3, -0.25) is 0 Å². The maximum Gasteiger partial charge on any atom is 0.0726 e. The molecule has 1 heteroatoms. The zero-order valence-electron chi connectivity index (χ0n) is 32.0. The summed E-state index contributed by atoms with van der Waals surface area (Å²) in [5.74, 6) is 0. The molecule has 0 radical (unpaired) electrons. The van der Waals surface area contributed by atoms with Gasteiger partial charge in [-0.05, 0) is 102 Å². The predicted octanol–water partition coefficient (Wildman–Crippen LogP) is 13.0. The normalized spacial score (nSPS) is 14.8. The summed E-state index contributed by atoms with van der Waals surface area (Å²) in [5.41, 5.74) is 10.0. The fraction of sp³-hybridized carbons (Fsp3) is 0.0204. The molecule has 1 nitrogen and oxygen atoms in total. The van der Waals surface area contributed by atoms with Crippen molar-refractivity contribution in [1.82, 2.24) is 0 Å². The van der Waals surface area contributed by atoms with E-state index in [4.69, 9.17) is 4.11 Å². The number of para-hydroxylation sites is 1. The second kappa shape index (κ2) is 10.3. The van der Waals surface area contributed by atoms with Gasteiger partial charge in [-0.1, -0.05) is 158 Å². The zero-order valence-corrected chi connectivity index (χ0v) is 27.0. The third-order valence-corrected chi connectivity index (χ3v) is 10.9. The van der Waals surface area contributed by atoms with Gasteiger partial charge in [-0.25, -0.2) is 0 Å². The summed E-state index contributed by atoms with van der Waals surface area (Å²) in [7, 11) is 0. The minimum absolute atomic E-state index is 0.106. The molecule has 50 heavy (non-hydrogen) atoms. The molecule has 0 N–H and O–H groups in total. The van der Waals surface area contributed by atoms with Crippen molar-refractivity contribution in [1.29, 1.82) is 0 Å². The highest BCUT2D eigenvalue weighted by Gasteiger charge is 2.52. The lowest BCUT2D eigenvalue weighted by atomic mass is 9.70. The third-order valence-electron chi connectivity index (χ3n) is 10.9. The number of hydrogen-bond acceptors (Lipinski definition) is 1. The average Bonchev–Trinajstić information content (AvgIpc) is 3.71. The van der Waals surface area contributed by atoms with Gasteiger partial charge in [0.1, 0.15) is 0 Å². The van der Waals surface area contributed by atoms with E-state index in [-0.39, 0.29) is 29.9 Å². The first-order valence-corrected chi connectivity index (χ1v) is 17.0. The Bertz CT molecular complexity index is 3020. The monoisotopic (exact) mass is 638 g/mol. The van der Waals surface area contributed by atoms with Crippen LogP contribution in [-0.2, 0) is 5.41 Å². The highest BCUT2D eigenvalue weighted by Crippen LogP contribution is 2.64. The average molecular weight is 639 g/mol. The van der Waals surface area contributed by atoms with Gasteiger partial charge in [0.05, 0.1) is 18.0 Å². The smallest absolute Gasteiger partial charge is 0.0726 e. The van der Waals surface area contributed by atoms with E-state index in [9.17, 15) is 2.74 Å². The van der Waals surface area contributed by atoms with E-state index in [2.05, 4.69) is 140 Å². The number of benzene rings is 9. The number of hydrogen-bond donors (Lipinski definition) is 0. The molecule has 232 valence electrons. The van der Waals surface area contributed by atoms with Gasteiger partial charge >= 0.3 is 0 Å². The van der Waals surface area contributed by atoms with Gasteiger partial charge < -0.3 is 4.90 Å². The summed E-state index contributed by atoms with van der Waals surface area (Å²) in [6, 6.07) is 53.5. The largest absolute Gasteiger partial charge is 0.310 e. The van der Waals surface area contributed by atoms with Crippen molar-refractivity contribution < 1.29 is 6.85 Å². The standard InChI is InChI=1S/C49H31N/c1-2-15-32(16-3-1)50(33-29-30-38-36-19-5-4-17-34(36)35-18-6-7-20-37(35)42(38)31-33)47-28-14-27-46-48(47)41-23-10-13-26-45(41)49(46)43-24-11-8-21-39(43)40-22-9-12-25-44(40)49/h1-31H/i1D,2D,3D,15D,16D. The van der Waals surface area contributed by atoms with Crippen LogP contribution in [0.2, 0.25) is 0 Å². The van der Waals surface area contributed by atoms with Crippen molar-refractivity contribution in [3.05, 3.63) is 210 Å². The van der Waals surface area contributed by atoms with Crippen LogP contribution in [-0.4, -0.2) is 0 Å². The van der Waals surface area contributed by atoms with Crippen molar-refractivity contribution in [3.8, 4) is 22.3 Å². The maximum atomic E-state index is 9.35. The highest BCUT2D eigenvalue weighted by atomic mass is 15.1. The number of nitrogens with zero attached hydrogens (tertiary/aromatic N) is 1. The Morgan fingerprint density at radius 2 is 0.860 bits per heavy atom. The van der Waals surface area contributed by atoms with Gasteiger partial charge in [-0.15, -0.1) is 0 Å². The van der Waals surface area contributed by atoms with Crippen molar-refractivity contribution in [2.24, 2.45) is 0 Å². The summed E-state index contributed by atoms with van der Waals surface area (Å²) < 4.78 is 44.8. The Hall–Kier alpha value is -6.44. The Balaban J connectivity index is 1.28. The van der Waals surface area contributed by atoms with E-state index in [1.807, 2.05) is 23.1 Å². The van der Waals surface area contributed by atoms with Gasteiger partial charge in [0.25, 0.3) is 0 Å². The van der Waals surface area contributed by atoms with Crippen LogP contribution >= 0.6 is 0 Å². The van der Waals surface area contributed by atoms with Gasteiger partial charge in [0.15, 0.2) is 0 Å². The number of fused-ring (bicyclic) bond motifs is 16. The molecular weight excluding hydrogens is 603 g/mol. The van der Waals surface area contributed by atoms with Crippen molar-refractivity contribution in [2.45, 2.75) is 5.41 Å². The van der Waals surface area contributed by atoms with Crippen LogP contribution in [0, 0.1) is 0 Å². The molecule has 9 aromatic rings. The molecule has 2 aliphatic rings. The molecule has 1 spiro atoms. The van der Waals surface area contributed by atoms with E-state index in [1.54, 1.807) is 0 Å². The van der Waals surface area contributed by atoms with Crippen molar-refractivity contribution in [2.75, 3.05) is 4.90 Å². The first-order chi connectivity index (χ1) is 26.9. The quantitative estimate of drug-likeness (QED) is 0.174. The highest BCUT2D eigenvalue weighted by molar-refractivity contribution is 6.25. The molecule has 9 aromatic carbocycles. The maximum absolute atomic E-state index is 9.35. The Labute approximate surface area is 298 Å². The molecule has 0 heterocycles. The Morgan fingerprint density at radius 1 is 0.380 bits per heavy atom. The van der Waals surface area contributed by atoms with Crippen LogP contribution in [0.3, 0.4) is 0 Å². The molecule has 0 unspecified atom stereocenters. The predicted molar refractivity (Wildman–Crippen MR) is 210 cm³/mol. The van der Waals surface area contributed by atoms with Crippen LogP contribution in [0.5, 0.6) is 0 Å². The van der Waals surface area contributed by atoms with E-state index in [0.717, 1.165) is 54.9 Å². The first-order valence-electron chi connectivity index (χ1n) is 19.5. The molecule has 0 amide bonds. The molecule has 0 aliphatic heterocycles. The summed E-state index contributed by atoms with van der Waals surface area (Å²) in [5, 5.41) is 6.62. The minimum atomic E-state index is -0.612. The van der Waals surface area contributed by atoms with E-state index in [1.165, 1.54) is 27.6 Å². The van der Waals surface area contributed by atoms with Crippen LogP contribution in [0.25, 0.3) is 54.6 Å². The van der Waals surface area contributed by atoms with Crippen molar-refractivity contribution in [3.63, 3.8) is 0 Å². The molecule has 0 aromatic heterocycles. The minimum Gasteiger partial charge on any atom is -0.310 e. The van der Waals surface area contributed by atoms with Crippen molar-refractivity contribution >= 4 is 49.4 Å². The van der Waals surface area contributed by atoms with E-state index < -0.39 is 11.5 Å². The molecule has 11 rings (SSSR count). The van der Waals surface area contributed by atoms with Crippen LogP contribution in [0.1, 0.15) is 29.1 Å². The molecule has 0 saturated carbocycles. The van der Waals surface area contributed by atoms with Crippen LogP contribution < -0.4 is 4.90 Å².